The Morgan fingerprint density at radius 1 is 1.43 bits per heavy atom. The van der Waals surface area contributed by atoms with E-state index < -0.39 is 0 Å². The summed E-state index contributed by atoms with van der Waals surface area (Å²) >= 11 is 7.81. The lowest BCUT2D eigenvalue weighted by molar-refractivity contribution is 0.0530. The maximum atomic E-state index is 6.09. The van der Waals surface area contributed by atoms with Crippen LogP contribution >= 0.6 is 22.9 Å². The number of halogens is 1. The van der Waals surface area contributed by atoms with Gasteiger partial charge in [-0.2, -0.15) is 0 Å². The van der Waals surface area contributed by atoms with Gasteiger partial charge in [0, 0.05) is 36.6 Å². The molecular weight excluding hydrogens is 300 g/mol. The SMILES string of the molecule is CCC(C)C1CNC(C(C)(C)C)CN1Cc1ccc(Cl)s1. The lowest BCUT2D eigenvalue weighted by Gasteiger charge is -2.46. The van der Waals surface area contributed by atoms with Crippen LogP contribution in [0.25, 0.3) is 0 Å². The minimum absolute atomic E-state index is 0.297. The lowest BCUT2D eigenvalue weighted by atomic mass is 9.83. The molecule has 0 aromatic carbocycles. The molecule has 0 radical (unpaired) electrons. The highest BCUT2D eigenvalue weighted by Gasteiger charge is 2.35. The molecule has 1 fully saturated rings. The third kappa shape index (κ3) is 4.44. The smallest absolute Gasteiger partial charge is 0.0931 e. The van der Waals surface area contributed by atoms with Crippen LogP contribution in [-0.2, 0) is 6.54 Å². The Labute approximate surface area is 138 Å². The molecule has 2 heterocycles. The quantitative estimate of drug-likeness (QED) is 0.866. The third-order valence-electron chi connectivity index (χ3n) is 4.79. The molecule has 3 atom stereocenters. The first-order valence-corrected chi connectivity index (χ1v) is 9.22. The fourth-order valence-electron chi connectivity index (χ4n) is 3.06. The van der Waals surface area contributed by atoms with Crippen molar-refractivity contribution in [3.05, 3.63) is 21.3 Å². The van der Waals surface area contributed by atoms with Crippen LogP contribution in [0.3, 0.4) is 0 Å². The Morgan fingerprint density at radius 2 is 2.14 bits per heavy atom. The molecule has 0 saturated carbocycles. The van der Waals surface area contributed by atoms with E-state index in [-0.39, 0.29) is 0 Å². The molecule has 0 aliphatic carbocycles. The summed E-state index contributed by atoms with van der Waals surface area (Å²) in [4.78, 5) is 4.05. The summed E-state index contributed by atoms with van der Waals surface area (Å²) < 4.78 is 0.896. The maximum absolute atomic E-state index is 6.09. The van der Waals surface area contributed by atoms with Crippen molar-refractivity contribution in [3.8, 4) is 0 Å². The van der Waals surface area contributed by atoms with Crippen LogP contribution in [0, 0.1) is 11.3 Å². The van der Waals surface area contributed by atoms with Crippen LogP contribution < -0.4 is 5.32 Å². The summed E-state index contributed by atoms with van der Waals surface area (Å²) in [5.74, 6) is 0.717. The topological polar surface area (TPSA) is 15.3 Å². The predicted molar refractivity (Wildman–Crippen MR) is 94.2 cm³/mol. The van der Waals surface area contributed by atoms with Gasteiger partial charge in [0.05, 0.1) is 4.34 Å². The van der Waals surface area contributed by atoms with Crippen LogP contribution in [-0.4, -0.2) is 30.1 Å². The predicted octanol–water partition coefficient (Wildman–Crippen LogP) is 4.64. The maximum Gasteiger partial charge on any atom is 0.0931 e. The highest BCUT2D eigenvalue weighted by atomic mass is 35.5. The van der Waals surface area contributed by atoms with Gasteiger partial charge in [-0.1, -0.05) is 52.6 Å². The molecule has 1 aromatic heterocycles. The third-order valence-corrected chi connectivity index (χ3v) is 6.01. The van der Waals surface area contributed by atoms with E-state index in [2.05, 4.69) is 50.9 Å². The highest BCUT2D eigenvalue weighted by Crippen LogP contribution is 2.29. The largest absolute Gasteiger partial charge is 0.311 e. The van der Waals surface area contributed by atoms with Crippen molar-refractivity contribution in [3.63, 3.8) is 0 Å². The molecule has 21 heavy (non-hydrogen) atoms. The van der Waals surface area contributed by atoms with E-state index in [0.717, 1.165) is 24.0 Å². The second-order valence-corrected chi connectivity index (χ2v) is 9.21. The van der Waals surface area contributed by atoms with Gasteiger partial charge in [0.2, 0.25) is 0 Å². The summed E-state index contributed by atoms with van der Waals surface area (Å²) in [6, 6.07) is 5.36. The number of nitrogens with one attached hydrogen (secondary N) is 1. The number of nitrogens with zero attached hydrogens (tertiary/aromatic N) is 1. The van der Waals surface area contributed by atoms with Gasteiger partial charge in [-0.15, -0.1) is 11.3 Å². The Hall–Kier alpha value is -0.0900. The molecule has 0 bridgehead atoms. The van der Waals surface area contributed by atoms with E-state index in [9.17, 15) is 0 Å². The van der Waals surface area contributed by atoms with Gasteiger partial charge in [-0.3, -0.25) is 4.90 Å². The zero-order valence-corrected chi connectivity index (χ0v) is 15.5. The lowest BCUT2D eigenvalue weighted by Crippen LogP contribution is -2.61. The number of thiophene rings is 1. The standard InChI is InChI=1S/C17H29ClN2S/c1-6-12(2)14-9-19-15(17(3,4)5)11-20(14)10-13-7-8-16(18)21-13/h7-8,12,14-15,19H,6,9-11H2,1-5H3. The number of rotatable bonds is 4. The summed E-state index contributed by atoms with van der Waals surface area (Å²) in [5.41, 5.74) is 0.297. The molecule has 120 valence electrons. The molecule has 0 amide bonds. The monoisotopic (exact) mass is 328 g/mol. The van der Waals surface area contributed by atoms with Gasteiger partial charge >= 0.3 is 0 Å². The minimum Gasteiger partial charge on any atom is -0.311 e. The van der Waals surface area contributed by atoms with E-state index in [1.165, 1.54) is 11.3 Å². The zero-order chi connectivity index (χ0) is 15.6. The first-order chi connectivity index (χ1) is 9.81. The number of hydrogen-bond acceptors (Lipinski definition) is 3. The molecule has 0 spiro atoms. The summed E-state index contributed by atoms with van der Waals surface area (Å²) in [5, 5.41) is 3.78. The first-order valence-electron chi connectivity index (χ1n) is 8.03. The van der Waals surface area contributed by atoms with Crippen LogP contribution in [0.15, 0.2) is 12.1 Å². The normalized spacial score (nSPS) is 26.0. The summed E-state index contributed by atoms with van der Waals surface area (Å²) in [6.07, 6.45) is 1.23. The molecular formula is C17H29ClN2S. The summed E-state index contributed by atoms with van der Waals surface area (Å²) in [7, 11) is 0. The fourth-order valence-corrected chi connectivity index (χ4v) is 4.17. The van der Waals surface area contributed by atoms with E-state index in [1.807, 2.05) is 6.07 Å². The minimum atomic E-state index is 0.297. The van der Waals surface area contributed by atoms with Gasteiger partial charge in [0.1, 0.15) is 0 Å². The van der Waals surface area contributed by atoms with Gasteiger partial charge in [0.15, 0.2) is 0 Å². The van der Waals surface area contributed by atoms with E-state index >= 15 is 0 Å². The van der Waals surface area contributed by atoms with Crippen molar-refractivity contribution >= 4 is 22.9 Å². The molecule has 1 N–H and O–H groups in total. The molecule has 3 unspecified atom stereocenters. The van der Waals surface area contributed by atoms with Gasteiger partial charge in [0.25, 0.3) is 0 Å². The molecule has 2 nitrogen and oxygen atoms in total. The van der Waals surface area contributed by atoms with E-state index in [4.69, 9.17) is 11.6 Å². The molecule has 1 aliphatic rings. The van der Waals surface area contributed by atoms with Crippen molar-refractivity contribution < 1.29 is 0 Å². The number of hydrogen-bond donors (Lipinski definition) is 1. The molecule has 4 heteroatoms. The van der Waals surface area contributed by atoms with Gasteiger partial charge in [-0.05, 0) is 23.5 Å². The van der Waals surface area contributed by atoms with Gasteiger partial charge < -0.3 is 5.32 Å². The molecule has 1 aliphatic heterocycles. The van der Waals surface area contributed by atoms with Crippen LogP contribution in [0.2, 0.25) is 4.34 Å². The average molecular weight is 329 g/mol. The van der Waals surface area contributed by atoms with E-state index in [0.29, 0.717) is 23.4 Å². The van der Waals surface area contributed by atoms with Crippen LogP contribution in [0.5, 0.6) is 0 Å². The van der Waals surface area contributed by atoms with E-state index in [1.54, 1.807) is 11.3 Å². The Kier molecular flexibility index (Phi) is 5.75. The zero-order valence-electron chi connectivity index (χ0n) is 13.9. The van der Waals surface area contributed by atoms with Crippen molar-refractivity contribution in [2.75, 3.05) is 13.1 Å². The first kappa shape index (κ1) is 17.3. The Bertz CT molecular complexity index is 452. The van der Waals surface area contributed by atoms with Crippen LogP contribution in [0.1, 0.15) is 45.9 Å². The average Bonchev–Trinajstić information content (AvgIpc) is 2.82. The van der Waals surface area contributed by atoms with Crippen molar-refractivity contribution in [1.82, 2.24) is 10.2 Å². The summed E-state index contributed by atoms with van der Waals surface area (Å²) in [6.45, 7) is 14.9. The Morgan fingerprint density at radius 3 is 2.67 bits per heavy atom. The Balaban J connectivity index is 2.12. The van der Waals surface area contributed by atoms with Crippen molar-refractivity contribution in [2.45, 2.75) is 59.7 Å². The second kappa shape index (κ2) is 6.99. The van der Waals surface area contributed by atoms with Crippen molar-refractivity contribution in [1.29, 1.82) is 0 Å². The molecule has 2 rings (SSSR count). The molecule has 1 saturated heterocycles. The highest BCUT2D eigenvalue weighted by molar-refractivity contribution is 7.16. The second-order valence-electron chi connectivity index (χ2n) is 7.42. The molecule has 1 aromatic rings. The van der Waals surface area contributed by atoms with Crippen molar-refractivity contribution in [2.24, 2.45) is 11.3 Å². The van der Waals surface area contributed by atoms with Gasteiger partial charge in [-0.25, -0.2) is 0 Å². The fraction of sp³-hybridized carbons (Fsp3) is 0.765. The van der Waals surface area contributed by atoms with Crippen LogP contribution in [0.4, 0.5) is 0 Å². The number of piperazine rings is 1.